The zero-order valence-corrected chi connectivity index (χ0v) is 13.1. The van der Waals surface area contributed by atoms with E-state index in [4.69, 9.17) is 9.47 Å². The zero-order valence-electron chi connectivity index (χ0n) is 13.1. The third-order valence-corrected chi connectivity index (χ3v) is 3.29. The summed E-state index contributed by atoms with van der Waals surface area (Å²) in [7, 11) is 3.55. The Morgan fingerprint density at radius 2 is 2.10 bits per heavy atom. The lowest BCUT2D eigenvalue weighted by Gasteiger charge is -2.20. The standard InChI is InChI=1S/C16H23N3O2/c1-5-9-17-12(2)16-14(20-4)7-6-8-15(16)21-13-10-18-19(3)11-13/h6-8,10-12,17H,5,9H2,1-4H3. The lowest BCUT2D eigenvalue weighted by atomic mass is 10.1. The second-order valence-electron chi connectivity index (χ2n) is 5.00. The minimum atomic E-state index is 0.146. The summed E-state index contributed by atoms with van der Waals surface area (Å²) in [4.78, 5) is 0. The molecule has 0 amide bonds. The van der Waals surface area contributed by atoms with E-state index in [1.165, 1.54) is 0 Å². The van der Waals surface area contributed by atoms with Gasteiger partial charge >= 0.3 is 0 Å². The van der Waals surface area contributed by atoms with Crippen LogP contribution in [0.25, 0.3) is 0 Å². The Kier molecular flexibility index (Phi) is 5.22. The van der Waals surface area contributed by atoms with Crippen LogP contribution in [-0.4, -0.2) is 23.4 Å². The van der Waals surface area contributed by atoms with Crippen LogP contribution in [0.3, 0.4) is 0 Å². The van der Waals surface area contributed by atoms with Crippen molar-refractivity contribution in [3.05, 3.63) is 36.2 Å². The average Bonchev–Trinajstić information content (AvgIpc) is 2.89. The summed E-state index contributed by atoms with van der Waals surface area (Å²) in [5.41, 5.74) is 1.03. The molecule has 0 saturated carbocycles. The van der Waals surface area contributed by atoms with Gasteiger partial charge in [0.05, 0.1) is 25.1 Å². The molecule has 1 N–H and O–H groups in total. The van der Waals surface area contributed by atoms with Crippen LogP contribution in [0, 0.1) is 0 Å². The molecule has 5 nitrogen and oxygen atoms in total. The molecule has 1 aromatic carbocycles. The highest BCUT2D eigenvalue weighted by molar-refractivity contribution is 5.48. The molecule has 2 aromatic rings. The molecule has 21 heavy (non-hydrogen) atoms. The Bertz CT molecular complexity index is 581. The number of hydrogen-bond donors (Lipinski definition) is 1. The van der Waals surface area contributed by atoms with Gasteiger partial charge in [0.1, 0.15) is 11.5 Å². The van der Waals surface area contributed by atoms with Gasteiger partial charge in [-0.15, -0.1) is 0 Å². The van der Waals surface area contributed by atoms with Crippen molar-refractivity contribution in [1.29, 1.82) is 0 Å². The first-order chi connectivity index (χ1) is 10.2. The molecule has 0 aliphatic rings. The van der Waals surface area contributed by atoms with E-state index in [0.717, 1.165) is 35.8 Å². The normalized spacial score (nSPS) is 12.2. The molecule has 114 valence electrons. The van der Waals surface area contributed by atoms with Gasteiger partial charge in [-0.3, -0.25) is 4.68 Å². The van der Waals surface area contributed by atoms with Crippen LogP contribution in [0.1, 0.15) is 31.9 Å². The van der Waals surface area contributed by atoms with Crippen molar-refractivity contribution in [1.82, 2.24) is 15.1 Å². The Balaban J connectivity index is 2.30. The van der Waals surface area contributed by atoms with Gasteiger partial charge in [0.15, 0.2) is 5.75 Å². The highest BCUT2D eigenvalue weighted by Crippen LogP contribution is 2.36. The summed E-state index contributed by atoms with van der Waals surface area (Å²) in [6.45, 7) is 5.21. The summed E-state index contributed by atoms with van der Waals surface area (Å²) in [6, 6.07) is 5.98. The van der Waals surface area contributed by atoms with Crippen molar-refractivity contribution in [3.63, 3.8) is 0 Å². The van der Waals surface area contributed by atoms with Crippen molar-refractivity contribution in [3.8, 4) is 17.2 Å². The summed E-state index contributed by atoms with van der Waals surface area (Å²) < 4.78 is 13.2. The maximum atomic E-state index is 5.97. The van der Waals surface area contributed by atoms with Crippen molar-refractivity contribution in [2.24, 2.45) is 7.05 Å². The van der Waals surface area contributed by atoms with E-state index in [1.54, 1.807) is 18.0 Å². The van der Waals surface area contributed by atoms with Crippen LogP contribution < -0.4 is 14.8 Å². The molecule has 0 bridgehead atoms. The average molecular weight is 289 g/mol. The Morgan fingerprint density at radius 1 is 1.33 bits per heavy atom. The van der Waals surface area contributed by atoms with E-state index < -0.39 is 0 Å². The van der Waals surface area contributed by atoms with Crippen LogP contribution >= 0.6 is 0 Å². The molecule has 1 heterocycles. The number of hydrogen-bond acceptors (Lipinski definition) is 4. The van der Waals surface area contributed by atoms with Crippen molar-refractivity contribution in [2.45, 2.75) is 26.3 Å². The quantitative estimate of drug-likeness (QED) is 0.849. The maximum Gasteiger partial charge on any atom is 0.165 e. The van der Waals surface area contributed by atoms with E-state index in [0.29, 0.717) is 0 Å². The van der Waals surface area contributed by atoms with Gasteiger partial charge in [0.25, 0.3) is 0 Å². The topological polar surface area (TPSA) is 48.3 Å². The first kappa shape index (κ1) is 15.4. The third kappa shape index (κ3) is 3.76. The Labute approximate surface area is 125 Å². The van der Waals surface area contributed by atoms with Crippen LogP contribution in [-0.2, 0) is 7.05 Å². The number of benzene rings is 1. The zero-order chi connectivity index (χ0) is 15.2. The second kappa shape index (κ2) is 7.13. The van der Waals surface area contributed by atoms with Crippen LogP contribution in [0.4, 0.5) is 0 Å². The molecule has 1 atom stereocenters. The summed E-state index contributed by atoms with van der Waals surface area (Å²) in [5, 5.41) is 7.60. The number of rotatable bonds is 7. The molecule has 0 radical (unpaired) electrons. The molecule has 5 heteroatoms. The van der Waals surface area contributed by atoms with Gasteiger partial charge in [-0.1, -0.05) is 13.0 Å². The van der Waals surface area contributed by atoms with E-state index in [-0.39, 0.29) is 6.04 Å². The van der Waals surface area contributed by atoms with E-state index >= 15 is 0 Å². The largest absolute Gasteiger partial charge is 0.496 e. The van der Waals surface area contributed by atoms with Crippen molar-refractivity contribution >= 4 is 0 Å². The molecule has 0 aliphatic carbocycles. The molecule has 2 rings (SSSR count). The first-order valence-corrected chi connectivity index (χ1v) is 7.22. The fourth-order valence-electron chi connectivity index (χ4n) is 2.26. The summed E-state index contributed by atoms with van der Waals surface area (Å²) in [6.07, 6.45) is 4.62. The number of nitrogens with zero attached hydrogens (tertiary/aromatic N) is 2. The number of aromatic nitrogens is 2. The molecule has 0 aliphatic heterocycles. The third-order valence-electron chi connectivity index (χ3n) is 3.29. The van der Waals surface area contributed by atoms with E-state index in [1.807, 2.05) is 31.4 Å². The van der Waals surface area contributed by atoms with Crippen LogP contribution in [0.5, 0.6) is 17.2 Å². The predicted molar refractivity (Wildman–Crippen MR) is 83.0 cm³/mol. The minimum Gasteiger partial charge on any atom is -0.496 e. The number of nitrogens with one attached hydrogen (secondary N) is 1. The molecule has 1 aromatic heterocycles. The fraction of sp³-hybridized carbons (Fsp3) is 0.438. The highest BCUT2D eigenvalue weighted by atomic mass is 16.5. The first-order valence-electron chi connectivity index (χ1n) is 7.22. The van der Waals surface area contributed by atoms with Crippen LogP contribution in [0.2, 0.25) is 0 Å². The summed E-state index contributed by atoms with van der Waals surface area (Å²) >= 11 is 0. The van der Waals surface area contributed by atoms with Gasteiger partial charge < -0.3 is 14.8 Å². The predicted octanol–water partition coefficient (Wildman–Crippen LogP) is 3.28. The smallest absolute Gasteiger partial charge is 0.165 e. The number of ether oxygens (including phenoxy) is 2. The van der Waals surface area contributed by atoms with Gasteiger partial charge in [0.2, 0.25) is 0 Å². The second-order valence-corrected chi connectivity index (χ2v) is 5.00. The molecule has 0 spiro atoms. The Hall–Kier alpha value is -2.01. The van der Waals surface area contributed by atoms with E-state index in [9.17, 15) is 0 Å². The van der Waals surface area contributed by atoms with Crippen molar-refractivity contribution in [2.75, 3.05) is 13.7 Å². The van der Waals surface area contributed by atoms with Gasteiger partial charge in [-0.05, 0) is 32.0 Å². The molecule has 0 saturated heterocycles. The maximum absolute atomic E-state index is 5.97. The Morgan fingerprint density at radius 3 is 2.71 bits per heavy atom. The van der Waals surface area contributed by atoms with Crippen molar-refractivity contribution < 1.29 is 9.47 Å². The SMILES string of the molecule is CCCNC(C)c1c(OC)cccc1Oc1cnn(C)c1. The summed E-state index contributed by atoms with van der Waals surface area (Å²) in [5.74, 6) is 2.33. The highest BCUT2D eigenvalue weighted by Gasteiger charge is 2.17. The lowest BCUT2D eigenvalue weighted by Crippen LogP contribution is -2.20. The van der Waals surface area contributed by atoms with Crippen LogP contribution in [0.15, 0.2) is 30.6 Å². The molecular weight excluding hydrogens is 266 g/mol. The number of methoxy groups -OCH3 is 1. The lowest BCUT2D eigenvalue weighted by molar-refractivity contribution is 0.390. The monoisotopic (exact) mass is 289 g/mol. The molecule has 1 unspecified atom stereocenters. The fourth-order valence-corrected chi connectivity index (χ4v) is 2.26. The van der Waals surface area contributed by atoms with Gasteiger partial charge in [0, 0.05) is 13.1 Å². The molecule has 0 fully saturated rings. The number of aryl methyl sites for hydroxylation is 1. The van der Waals surface area contributed by atoms with Gasteiger partial charge in [-0.25, -0.2) is 0 Å². The minimum absolute atomic E-state index is 0.146. The van der Waals surface area contributed by atoms with E-state index in [2.05, 4.69) is 24.3 Å². The van der Waals surface area contributed by atoms with Gasteiger partial charge in [-0.2, -0.15) is 5.10 Å². The molecular formula is C16H23N3O2.